The van der Waals surface area contributed by atoms with Crippen LogP contribution in [0.1, 0.15) is 40.0 Å². The first-order valence-electron chi connectivity index (χ1n) is 6.91. The first-order valence-corrected chi connectivity index (χ1v) is 6.91. The minimum atomic E-state index is 0.333. The highest BCUT2D eigenvalue weighted by molar-refractivity contribution is 4.80. The summed E-state index contributed by atoms with van der Waals surface area (Å²) in [7, 11) is 4.27. The molecule has 1 saturated heterocycles. The van der Waals surface area contributed by atoms with Crippen molar-refractivity contribution in [3.05, 3.63) is 0 Å². The van der Waals surface area contributed by atoms with Crippen LogP contribution in [0.25, 0.3) is 0 Å². The fourth-order valence-electron chi connectivity index (χ4n) is 2.59. The monoisotopic (exact) mass is 242 g/mol. The van der Waals surface area contributed by atoms with Crippen molar-refractivity contribution in [1.82, 2.24) is 10.2 Å². The van der Waals surface area contributed by atoms with Crippen LogP contribution in [-0.4, -0.2) is 50.8 Å². The topological polar surface area (TPSA) is 24.5 Å². The Hall–Kier alpha value is -0.120. The maximum absolute atomic E-state index is 5.67. The van der Waals surface area contributed by atoms with Crippen LogP contribution in [0.2, 0.25) is 0 Å². The van der Waals surface area contributed by atoms with Crippen molar-refractivity contribution in [2.75, 3.05) is 33.8 Å². The van der Waals surface area contributed by atoms with Gasteiger partial charge in [0.15, 0.2) is 0 Å². The Morgan fingerprint density at radius 2 is 2.12 bits per heavy atom. The summed E-state index contributed by atoms with van der Waals surface area (Å²) in [5.74, 6) is 0. The van der Waals surface area contributed by atoms with E-state index in [1.807, 2.05) is 0 Å². The Bertz CT molecular complexity index is 207. The zero-order chi connectivity index (χ0) is 12.9. The maximum atomic E-state index is 5.67. The summed E-state index contributed by atoms with van der Waals surface area (Å²) in [6, 6.07) is 0.578. The molecule has 3 nitrogen and oxygen atoms in total. The van der Waals surface area contributed by atoms with Crippen LogP contribution in [-0.2, 0) is 4.74 Å². The summed E-state index contributed by atoms with van der Waals surface area (Å²) in [5.41, 5.74) is 0.333. The molecule has 0 aliphatic carbocycles. The van der Waals surface area contributed by atoms with E-state index in [9.17, 15) is 0 Å². The zero-order valence-electron chi connectivity index (χ0n) is 12.3. The van der Waals surface area contributed by atoms with Gasteiger partial charge in [-0.1, -0.05) is 20.8 Å². The normalized spacial score (nSPS) is 23.3. The van der Waals surface area contributed by atoms with E-state index in [2.05, 4.69) is 45.1 Å². The zero-order valence-corrected chi connectivity index (χ0v) is 12.3. The van der Waals surface area contributed by atoms with Crippen molar-refractivity contribution in [3.8, 4) is 0 Å². The standard InChI is InChI=1S/C14H30N2O/c1-14(2,3)13(15-4)8-9-16(5)11-12-7-6-10-17-12/h12-13,15H,6-11H2,1-5H3. The molecule has 1 fully saturated rings. The Morgan fingerprint density at radius 3 is 2.59 bits per heavy atom. The van der Waals surface area contributed by atoms with Gasteiger partial charge in [0.1, 0.15) is 0 Å². The summed E-state index contributed by atoms with van der Waals surface area (Å²) >= 11 is 0. The number of hydrogen-bond donors (Lipinski definition) is 1. The fraction of sp³-hybridized carbons (Fsp3) is 1.00. The molecular formula is C14H30N2O. The molecule has 0 radical (unpaired) electrons. The molecule has 2 atom stereocenters. The molecule has 102 valence electrons. The smallest absolute Gasteiger partial charge is 0.0702 e. The van der Waals surface area contributed by atoms with Crippen LogP contribution >= 0.6 is 0 Å². The first kappa shape index (κ1) is 14.9. The second kappa shape index (κ2) is 6.72. The van der Waals surface area contributed by atoms with Gasteiger partial charge in [0.05, 0.1) is 6.10 Å². The lowest BCUT2D eigenvalue weighted by Crippen LogP contribution is -2.41. The molecule has 0 saturated carbocycles. The van der Waals surface area contributed by atoms with E-state index in [4.69, 9.17) is 4.74 Å². The molecule has 2 unspecified atom stereocenters. The van der Waals surface area contributed by atoms with Gasteiger partial charge in [-0.3, -0.25) is 0 Å². The van der Waals surface area contributed by atoms with Crippen molar-refractivity contribution in [2.24, 2.45) is 5.41 Å². The van der Waals surface area contributed by atoms with Crippen molar-refractivity contribution in [1.29, 1.82) is 0 Å². The average molecular weight is 242 g/mol. The van der Waals surface area contributed by atoms with E-state index in [1.54, 1.807) is 0 Å². The lowest BCUT2D eigenvalue weighted by atomic mass is 9.85. The predicted octanol–water partition coefficient (Wildman–Crippen LogP) is 2.12. The van der Waals surface area contributed by atoms with Crippen LogP contribution in [0.4, 0.5) is 0 Å². The van der Waals surface area contributed by atoms with E-state index in [0.29, 0.717) is 17.6 Å². The fourth-order valence-corrected chi connectivity index (χ4v) is 2.59. The first-order chi connectivity index (χ1) is 7.93. The number of rotatable bonds is 6. The number of likely N-dealkylation sites (N-methyl/N-ethyl adjacent to an activating group) is 1. The van der Waals surface area contributed by atoms with Crippen molar-refractivity contribution in [3.63, 3.8) is 0 Å². The van der Waals surface area contributed by atoms with Gasteiger partial charge in [-0.15, -0.1) is 0 Å². The highest BCUT2D eigenvalue weighted by Crippen LogP contribution is 2.21. The average Bonchev–Trinajstić information content (AvgIpc) is 2.69. The molecule has 17 heavy (non-hydrogen) atoms. The van der Waals surface area contributed by atoms with Crippen LogP contribution in [0, 0.1) is 5.41 Å². The minimum Gasteiger partial charge on any atom is -0.377 e. The molecule has 0 aromatic rings. The largest absolute Gasteiger partial charge is 0.377 e. The van der Waals surface area contributed by atoms with Gasteiger partial charge < -0.3 is 15.0 Å². The molecular weight excluding hydrogens is 212 g/mol. The molecule has 1 N–H and O–H groups in total. The summed E-state index contributed by atoms with van der Waals surface area (Å²) in [5, 5.41) is 3.43. The second-order valence-corrected chi connectivity index (χ2v) is 6.39. The SMILES string of the molecule is CNC(CCN(C)CC1CCCO1)C(C)(C)C. The quantitative estimate of drug-likeness (QED) is 0.772. The van der Waals surface area contributed by atoms with Crippen molar-refractivity contribution in [2.45, 2.75) is 52.2 Å². The van der Waals surface area contributed by atoms with Crippen molar-refractivity contribution >= 4 is 0 Å². The lowest BCUT2D eigenvalue weighted by molar-refractivity contribution is 0.0786. The van der Waals surface area contributed by atoms with E-state index < -0.39 is 0 Å². The number of nitrogens with zero attached hydrogens (tertiary/aromatic N) is 1. The Kier molecular flexibility index (Phi) is 5.90. The third-order valence-electron chi connectivity index (χ3n) is 3.73. The van der Waals surface area contributed by atoms with Gasteiger partial charge in [0, 0.05) is 19.2 Å². The predicted molar refractivity (Wildman–Crippen MR) is 73.4 cm³/mol. The molecule has 1 heterocycles. The molecule has 0 bridgehead atoms. The lowest BCUT2D eigenvalue weighted by Gasteiger charge is -2.32. The van der Waals surface area contributed by atoms with E-state index in [1.165, 1.54) is 19.3 Å². The van der Waals surface area contributed by atoms with Gasteiger partial charge in [-0.25, -0.2) is 0 Å². The van der Waals surface area contributed by atoms with Crippen LogP contribution in [0.3, 0.4) is 0 Å². The van der Waals surface area contributed by atoms with E-state index in [-0.39, 0.29) is 0 Å². The van der Waals surface area contributed by atoms with Gasteiger partial charge in [-0.2, -0.15) is 0 Å². The number of ether oxygens (including phenoxy) is 1. The molecule has 1 aliphatic heterocycles. The number of hydrogen-bond acceptors (Lipinski definition) is 3. The van der Waals surface area contributed by atoms with Gasteiger partial charge in [0.25, 0.3) is 0 Å². The summed E-state index contributed by atoms with van der Waals surface area (Å²) in [6.45, 7) is 10.1. The molecule has 0 amide bonds. The minimum absolute atomic E-state index is 0.333. The second-order valence-electron chi connectivity index (χ2n) is 6.39. The molecule has 1 rings (SSSR count). The van der Waals surface area contributed by atoms with E-state index in [0.717, 1.165) is 19.7 Å². The maximum Gasteiger partial charge on any atom is 0.0702 e. The third kappa shape index (κ3) is 5.36. The van der Waals surface area contributed by atoms with Crippen molar-refractivity contribution < 1.29 is 4.74 Å². The molecule has 3 heteroatoms. The summed E-state index contributed by atoms with van der Waals surface area (Å²) in [6.07, 6.45) is 4.14. The molecule has 0 aromatic carbocycles. The molecule has 0 spiro atoms. The molecule has 1 aliphatic rings. The Balaban J connectivity index is 2.23. The summed E-state index contributed by atoms with van der Waals surface area (Å²) < 4.78 is 5.67. The number of nitrogens with one attached hydrogen (secondary N) is 1. The van der Waals surface area contributed by atoms with Gasteiger partial charge >= 0.3 is 0 Å². The Morgan fingerprint density at radius 1 is 1.41 bits per heavy atom. The van der Waals surface area contributed by atoms with Crippen LogP contribution in [0.15, 0.2) is 0 Å². The van der Waals surface area contributed by atoms with E-state index >= 15 is 0 Å². The Labute approximate surface area is 107 Å². The third-order valence-corrected chi connectivity index (χ3v) is 3.73. The van der Waals surface area contributed by atoms with Gasteiger partial charge in [-0.05, 0) is 45.3 Å². The summed E-state index contributed by atoms with van der Waals surface area (Å²) in [4.78, 5) is 2.41. The van der Waals surface area contributed by atoms with Gasteiger partial charge in [0.2, 0.25) is 0 Å². The van der Waals surface area contributed by atoms with Crippen LogP contribution < -0.4 is 5.32 Å². The highest BCUT2D eigenvalue weighted by atomic mass is 16.5. The highest BCUT2D eigenvalue weighted by Gasteiger charge is 2.23. The van der Waals surface area contributed by atoms with Crippen LogP contribution in [0.5, 0.6) is 0 Å². The molecule has 0 aromatic heterocycles.